The van der Waals surface area contributed by atoms with Gasteiger partial charge in [0.25, 0.3) is 0 Å². The van der Waals surface area contributed by atoms with Gasteiger partial charge in [-0.25, -0.2) is 0 Å². The number of benzene rings is 1. The van der Waals surface area contributed by atoms with Gasteiger partial charge >= 0.3 is 0 Å². The normalized spacial score (nSPS) is 10.9. The fourth-order valence-corrected chi connectivity index (χ4v) is 3.18. The third-order valence-electron chi connectivity index (χ3n) is 3.04. The Morgan fingerprint density at radius 1 is 1.32 bits per heavy atom. The summed E-state index contributed by atoms with van der Waals surface area (Å²) in [5, 5.41) is 9.15. The lowest BCUT2D eigenvalue weighted by Gasteiger charge is -2.07. The van der Waals surface area contributed by atoms with Crippen LogP contribution in [0, 0.1) is 13.8 Å². The Hall–Kier alpha value is -1.26. The molecule has 0 atom stereocenters. The molecule has 0 saturated carbocycles. The van der Waals surface area contributed by atoms with Crippen molar-refractivity contribution in [3.63, 3.8) is 0 Å². The van der Waals surface area contributed by atoms with Crippen LogP contribution in [0.5, 0.6) is 0 Å². The van der Waals surface area contributed by atoms with E-state index in [0.29, 0.717) is 0 Å². The van der Waals surface area contributed by atoms with Gasteiger partial charge in [0.15, 0.2) is 0 Å². The number of hydrogen-bond donors (Lipinski definition) is 1. The summed E-state index contributed by atoms with van der Waals surface area (Å²) in [5.74, 6) is 0. The van der Waals surface area contributed by atoms with Gasteiger partial charge in [-0.3, -0.25) is 4.68 Å². The standard InChI is InChI=1S/C15H21N3S/c1-5-16-10-14-12(3)17-18(4)15(14)19-13-8-6-7-11(2)9-13/h6-9,16H,5,10H2,1-4H3. The van der Waals surface area contributed by atoms with Crippen molar-refractivity contribution in [3.05, 3.63) is 41.1 Å². The SMILES string of the molecule is CCNCc1c(C)nn(C)c1Sc1cccc(C)c1. The number of nitrogens with zero attached hydrogens (tertiary/aromatic N) is 2. The molecule has 0 spiro atoms. The summed E-state index contributed by atoms with van der Waals surface area (Å²) in [6.45, 7) is 8.18. The first-order valence-corrected chi connectivity index (χ1v) is 7.41. The highest BCUT2D eigenvalue weighted by Crippen LogP contribution is 2.31. The minimum Gasteiger partial charge on any atom is -0.313 e. The van der Waals surface area contributed by atoms with E-state index in [1.807, 2.05) is 11.7 Å². The average Bonchev–Trinajstić information content (AvgIpc) is 2.62. The van der Waals surface area contributed by atoms with Crippen LogP contribution in [0.1, 0.15) is 23.7 Å². The van der Waals surface area contributed by atoms with Crippen LogP contribution >= 0.6 is 11.8 Å². The molecule has 102 valence electrons. The summed E-state index contributed by atoms with van der Waals surface area (Å²) in [7, 11) is 2.01. The topological polar surface area (TPSA) is 29.9 Å². The zero-order valence-corrected chi connectivity index (χ0v) is 12.8. The Kier molecular flexibility index (Phi) is 4.66. The maximum atomic E-state index is 4.54. The molecule has 0 unspecified atom stereocenters. The lowest BCUT2D eigenvalue weighted by molar-refractivity contribution is 0.674. The van der Waals surface area contributed by atoms with Gasteiger partial charge in [-0.2, -0.15) is 5.10 Å². The molecular formula is C15H21N3S. The van der Waals surface area contributed by atoms with E-state index >= 15 is 0 Å². The van der Waals surface area contributed by atoms with E-state index in [-0.39, 0.29) is 0 Å². The van der Waals surface area contributed by atoms with Gasteiger partial charge in [0, 0.05) is 24.1 Å². The van der Waals surface area contributed by atoms with Crippen molar-refractivity contribution in [2.75, 3.05) is 6.54 Å². The van der Waals surface area contributed by atoms with Crippen LogP contribution in [-0.4, -0.2) is 16.3 Å². The highest BCUT2D eigenvalue weighted by Gasteiger charge is 2.14. The molecule has 0 aliphatic rings. The first-order chi connectivity index (χ1) is 9.11. The number of aryl methyl sites for hydroxylation is 3. The second-order valence-corrected chi connectivity index (χ2v) is 5.75. The van der Waals surface area contributed by atoms with Gasteiger partial charge in [-0.15, -0.1) is 0 Å². The Morgan fingerprint density at radius 3 is 2.79 bits per heavy atom. The third-order valence-corrected chi connectivity index (χ3v) is 4.24. The minimum absolute atomic E-state index is 0.879. The number of hydrogen-bond acceptors (Lipinski definition) is 3. The third kappa shape index (κ3) is 3.39. The lowest BCUT2D eigenvalue weighted by atomic mass is 10.2. The monoisotopic (exact) mass is 275 g/mol. The molecular weight excluding hydrogens is 254 g/mol. The van der Waals surface area contributed by atoms with E-state index in [1.54, 1.807) is 11.8 Å². The molecule has 1 aromatic heterocycles. The predicted molar refractivity (Wildman–Crippen MR) is 80.6 cm³/mol. The molecule has 1 N–H and O–H groups in total. The second-order valence-electron chi connectivity index (χ2n) is 4.69. The zero-order valence-electron chi connectivity index (χ0n) is 12.0. The fraction of sp³-hybridized carbons (Fsp3) is 0.400. The molecule has 0 saturated heterocycles. The Bertz CT molecular complexity index is 561. The number of aromatic nitrogens is 2. The minimum atomic E-state index is 0.879. The van der Waals surface area contributed by atoms with Crippen molar-refractivity contribution in [1.82, 2.24) is 15.1 Å². The summed E-state index contributed by atoms with van der Waals surface area (Å²) in [6.07, 6.45) is 0. The van der Waals surface area contributed by atoms with Crippen molar-refractivity contribution < 1.29 is 0 Å². The van der Waals surface area contributed by atoms with Crippen LogP contribution in [0.3, 0.4) is 0 Å². The average molecular weight is 275 g/mol. The Morgan fingerprint density at radius 2 is 2.11 bits per heavy atom. The first-order valence-electron chi connectivity index (χ1n) is 6.59. The fourth-order valence-electron chi connectivity index (χ4n) is 2.05. The van der Waals surface area contributed by atoms with Gasteiger partial charge in [0.2, 0.25) is 0 Å². The zero-order chi connectivity index (χ0) is 13.8. The van der Waals surface area contributed by atoms with Crippen molar-refractivity contribution in [1.29, 1.82) is 0 Å². The number of nitrogens with one attached hydrogen (secondary N) is 1. The summed E-state index contributed by atoms with van der Waals surface area (Å²) in [6, 6.07) is 8.59. The maximum Gasteiger partial charge on any atom is 0.103 e. The van der Waals surface area contributed by atoms with E-state index in [4.69, 9.17) is 0 Å². The molecule has 2 aromatic rings. The van der Waals surface area contributed by atoms with E-state index in [1.165, 1.54) is 21.0 Å². The highest BCUT2D eigenvalue weighted by atomic mass is 32.2. The molecule has 0 radical (unpaired) electrons. The van der Waals surface area contributed by atoms with Crippen molar-refractivity contribution in [2.45, 2.75) is 37.2 Å². The molecule has 0 bridgehead atoms. The smallest absolute Gasteiger partial charge is 0.103 e. The Balaban J connectivity index is 2.28. The van der Waals surface area contributed by atoms with E-state index in [9.17, 15) is 0 Å². The van der Waals surface area contributed by atoms with Gasteiger partial charge in [-0.05, 0) is 32.5 Å². The highest BCUT2D eigenvalue weighted by molar-refractivity contribution is 7.99. The van der Waals surface area contributed by atoms with Crippen molar-refractivity contribution in [3.8, 4) is 0 Å². The van der Waals surface area contributed by atoms with E-state index < -0.39 is 0 Å². The van der Waals surface area contributed by atoms with Crippen molar-refractivity contribution >= 4 is 11.8 Å². The molecule has 19 heavy (non-hydrogen) atoms. The molecule has 4 heteroatoms. The molecule has 0 fully saturated rings. The molecule has 0 aliphatic carbocycles. The molecule has 1 aromatic carbocycles. The molecule has 3 nitrogen and oxygen atoms in total. The summed E-state index contributed by atoms with van der Waals surface area (Å²) >= 11 is 1.79. The van der Waals surface area contributed by atoms with Crippen LogP contribution in [0.25, 0.3) is 0 Å². The van der Waals surface area contributed by atoms with Crippen LogP contribution in [0.4, 0.5) is 0 Å². The van der Waals surface area contributed by atoms with Gasteiger partial charge in [-0.1, -0.05) is 36.4 Å². The van der Waals surface area contributed by atoms with Gasteiger partial charge in [0.1, 0.15) is 5.03 Å². The van der Waals surface area contributed by atoms with Crippen LogP contribution in [0.2, 0.25) is 0 Å². The maximum absolute atomic E-state index is 4.54. The first kappa shape index (κ1) is 14.2. The summed E-state index contributed by atoms with van der Waals surface area (Å²) < 4.78 is 1.98. The quantitative estimate of drug-likeness (QED) is 0.908. The van der Waals surface area contributed by atoms with E-state index in [2.05, 4.69) is 55.5 Å². The molecule has 1 heterocycles. The van der Waals surface area contributed by atoms with Crippen molar-refractivity contribution in [2.24, 2.45) is 7.05 Å². The molecule has 0 amide bonds. The van der Waals surface area contributed by atoms with Crippen LogP contribution in [-0.2, 0) is 13.6 Å². The Labute approximate surface area is 119 Å². The second kappa shape index (κ2) is 6.26. The van der Waals surface area contributed by atoms with Crippen LogP contribution in [0.15, 0.2) is 34.2 Å². The number of rotatable bonds is 5. The van der Waals surface area contributed by atoms with Gasteiger partial charge in [0.05, 0.1) is 5.69 Å². The predicted octanol–water partition coefficient (Wildman–Crippen LogP) is 3.30. The van der Waals surface area contributed by atoms with Crippen LogP contribution < -0.4 is 5.32 Å². The van der Waals surface area contributed by atoms with E-state index in [0.717, 1.165) is 18.8 Å². The molecule has 0 aliphatic heterocycles. The summed E-state index contributed by atoms with van der Waals surface area (Å²) in [4.78, 5) is 1.26. The largest absolute Gasteiger partial charge is 0.313 e. The molecule has 2 rings (SSSR count). The lowest BCUT2D eigenvalue weighted by Crippen LogP contribution is -2.12. The summed E-state index contributed by atoms with van der Waals surface area (Å²) in [5.41, 5.74) is 3.70. The van der Waals surface area contributed by atoms with Gasteiger partial charge < -0.3 is 5.32 Å².